The molecular formula is C23H45N7O2. The van der Waals surface area contributed by atoms with Gasteiger partial charge in [-0.3, -0.25) is 9.59 Å². The van der Waals surface area contributed by atoms with Crippen molar-refractivity contribution in [3.8, 4) is 0 Å². The van der Waals surface area contributed by atoms with Crippen LogP contribution >= 0.6 is 0 Å². The second-order valence-electron chi connectivity index (χ2n) is 9.72. The van der Waals surface area contributed by atoms with Gasteiger partial charge in [0.15, 0.2) is 11.1 Å². The number of azo groups is 2. The largest absolute Gasteiger partial charge is 0.351 e. The van der Waals surface area contributed by atoms with Gasteiger partial charge in [0.25, 0.3) is 0 Å². The molecule has 0 aromatic heterocycles. The molecular weight excluding hydrogens is 406 g/mol. The highest BCUT2D eigenvalue weighted by molar-refractivity contribution is 5.87. The quantitative estimate of drug-likeness (QED) is 0.476. The van der Waals surface area contributed by atoms with Crippen LogP contribution in [0.25, 0.3) is 0 Å². The second kappa shape index (κ2) is 14.3. The highest BCUT2D eigenvalue weighted by Gasteiger charge is 2.34. The van der Waals surface area contributed by atoms with E-state index in [0.29, 0.717) is 6.67 Å². The Morgan fingerprint density at radius 2 is 1.12 bits per heavy atom. The minimum Gasteiger partial charge on any atom is -0.351 e. The first-order chi connectivity index (χ1) is 15.1. The lowest BCUT2D eigenvalue weighted by Gasteiger charge is -2.28. The number of nitrogens with one attached hydrogen (secondary N) is 2. The molecule has 184 valence electrons. The molecule has 0 aromatic carbocycles. The van der Waals surface area contributed by atoms with Gasteiger partial charge in [-0.05, 0) is 60.3 Å². The Morgan fingerprint density at radius 3 is 1.41 bits per heavy atom. The molecule has 0 saturated heterocycles. The Kier molecular flexibility index (Phi) is 12.6. The number of carbonyl (C=O) groups excluding carboxylic acids is 2. The molecule has 0 bridgehead atoms. The summed E-state index contributed by atoms with van der Waals surface area (Å²) in [6, 6.07) is 0.488. The summed E-state index contributed by atoms with van der Waals surface area (Å²) in [4.78, 5) is 25.1. The first-order valence-electron chi connectivity index (χ1n) is 12.2. The zero-order valence-corrected chi connectivity index (χ0v) is 20.8. The molecule has 0 unspecified atom stereocenters. The van der Waals surface area contributed by atoms with Gasteiger partial charge in [0, 0.05) is 12.1 Å². The molecule has 0 radical (unpaired) electrons. The molecule has 0 atom stereocenters. The number of amides is 2. The summed E-state index contributed by atoms with van der Waals surface area (Å²) >= 11 is 0. The van der Waals surface area contributed by atoms with Crippen LogP contribution in [0.15, 0.2) is 20.5 Å². The first-order valence-corrected chi connectivity index (χ1v) is 12.2. The highest BCUT2D eigenvalue weighted by atomic mass is 16.2. The Hall–Kier alpha value is -1.90. The Morgan fingerprint density at radius 1 is 0.750 bits per heavy atom. The van der Waals surface area contributed by atoms with E-state index < -0.39 is 11.1 Å². The monoisotopic (exact) mass is 451 g/mol. The maximum absolute atomic E-state index is 12.6. The van der Waals surface area contributed by atoms with Crippen LogP contribution in [0.5, 0.6) is 0 Å². The summed E-state index contributed by atoms with van der Waals surface area (Å²) < 4.78 is 0. The molecule has 2 aliphatic carbocycles. The number of hydrogen-bond acceptors (Lipinski definition) is 7. The van der Waals surface area contributed by atoms with Crippen molar-refractivity contribution in [2.45, 2.75) is 122 Å². The SMILES string of the molecule is CC(C)(N=NC(C)(C)C(=O)NC1CCCCC1)C(=O)NC1CCCCC1.CCN=NCN. The molecule has 2 saturated carbocycles. The minimum absolute atomic E-state index is 0.114. The molecule has 2 rings (SSSR count). The Labute approximate surface area is 193 Å². The van der Waals surface area contributed by atoms with Gasteiger partial charge in [-0.2, -0.15) is 20.5 Å². The van der Waals surface area contributed by atoms with Crippen LogP contribution in [0.2, 0.25) is 0 Å². The first kappa shape index (κ1) is 28.1. The standard InChI is InChI=1S/C20H36N4O2.C3H9N3/c1-19(2,17(25)21-15-11-7-5-8-12-15)23-24-20(3,4)18(26)22-16-13-9-6-10-14-16;1-2-5-6-3-4/h15-16H,5-14H2,1-4H3,(H,21,25)(H,22,26);2-4H2,1H3. The average molecular weight is 452 g/mol. The fourth-order valence-electron chi connectivity index (χ4n) is 3.72. The van der Waals surface area contributed by atoms with E-state index in [1.54, 1.807) is 27.7 Å². The van der Waals surface area contributed by atoms with Crippen molar-refractivity contribution in [2.24, 2.45) is 26.2 Å². The van der Waals surface area contributed by atoms with Gasteiger partial charge >= 0.3 is 0 Å². The molecule has 9 heteroatoms. The highest BCUT2D eigenvalue weighted by Crippen LogP contribution is 2.22. The normalized spacial score (nSPS) is 18.9. The van der Waals surface area contributed by atoms with Gasteiger partial charge in [-0.1, -0.05) is 38.5 Å². The van der Waals surface area contributed by atoms with Crippen molar-refractivity contribution >= 4 is 11.8 Å². The van der Waals surface area contributed by atoms with Crippen LogP contribution in [0.1, 0.15) is 98.8 Å². The number of carbonyl (C=O) groups is 2. The van der Waals surface area contributed by atoms with E-state index in [1.165, 1.54) is 38.5 Å². The van der Waals surface area contributed by atoms with Crippen molar-refractivity contribution < 1.29 is 9.59 Å². The van der Waals surface area contributed by atoms with E-state index in [-0.39, 0.29) is 23.9 Å². The Balaban J connectivity index is 0.000000751. The second-order valence-corrected chi connectivity index (χ2v) is 9.72. The number of nitrogens with zero attached hydrogens (tertiary/aromatic N) is 4. The molecule has 4 N–H and O–H groups in total. The molecule has 0 spiro atoms. The van der Waals surface area contributed by atoms with E-state index in [2.05, 4.69) is 31.1 Å². The van der Waals surface area contributed by atoms with E-state index in [9.17, 15) is 9.59 Å². The van der Waals surface area contributed by atoms with Crippen molar-refractivity contribution in [1.82, 2.24) is 10.6 Å². The van der Waals surface area contributed by atoms with E-state index >= 15 is 0 Å². The van der Waals surface area contributed by atoms with E-state index in [0.717, 1.165) is 32.2 Å². The molecule has 0 aromatic rings. The molecule has 2 fully saturated rings. The maximum atomic E-state index is 12.6. The lowest BCUT2D eigenvalue weighted by molar-refractivity contribution is -0.128. The average Bonchev–Trinajstić information content (AvgIpc) is 2.78. The molecule has 2 amide bonds. The fourth-order valence-corrected chi connectivity index (χ4v) is 3.72. The predicted molar refractivity (Wildman–Crippen MR) is 127 cm³/mol. The van der Waals surface area contributed by atoms with Crippen LogP contribution < -0.4 is 16.4 Å². The third-order valence-corrected chi connectivity index (χ3v) is 5.87. The van der Waals surface area contributed by atoms with Gasteiger partial charge in [0.1, 0.15) is 6.67 Å². The fraction of sp³-hybridized carbons (Fsp3) is 0.913. The van der Waals surface area contributed by atoms with Gasteiger partial charge < -0.3 is 16.4 Å². The van der Waals surface area contributed by atoms with Crippen LogP contribution in [0, 0.1) is 0 Å². The van der Waals surface area contributed by atoms with Gasteiger partial charge in [0.2, 0.25) is 11.8 Å². The van der Waals surface area contributed by atoms with Crippen LogP contribution in [0.3, 0.4) is 0 Å². The Bertz CT molecular complexity index is 568. The molecule has 9 nitrogen and oxygen atoms in total. The van der Waals surface area contributed by atoms with Crippen LogP contribution in [-0.4, -0.2) is 48.2 Å². The van der Waals surface area contributed by atoms with Gasteiger partial charge in [-0.15, -0.1) is 0 Å². The van der Waals surface area contributed by atoms with E-state index in [1.807, 2.05) is 6.92 Å². The maximum Gasteiger partial charge on any atom is 0.249 e. The van der Waals surface area contributed by atoms with Crippen LogP contribution in [-0.2, 0) is 9.59 Å². The minimum atomic E-state index is -0.972. The summed E-state index contributed by atoms with van der Waals surface area (Å²) in [6.45, 7) is 9.98. The van der Waals surface area contributed by atoms with E-state index in [4.69, 9.17) is 5.73 Å². The smallest absolute Gasteiger partial charge is 0.249 e. The zero-order chi connectivity index (χ0) is 24.0. The number of hydrogen-bond donors (Lipinski definition) is 3. The van der Waals surface area contributed by atoms with Crippen molar-refractivity contribution in [3.05, 3.63) is 0 Å². The number of nitrogens with two attached hydrogens (primary N) is 1. The molecule has 0 aliphatic heterocycles. The van der Waals surface area contributed by atoms with Crippen molar-refractivity contribution in [3.63, 3.8) is 0 Å². The van der Waals surface area contributed by atoms with Gasteiger partial charge in [0.05, 0.1) is 6.54 Å². The summed E-state index contributed by atoms with van der Waals surface area (Å²) in [5, 5.41) is 21.8. The summed E-state index contributed by atoms with van der Waals surface area (Å²) in [5.74, 6) is -0.228. The number of rotatable bonds is 8. The molecule has 0 heterocycles. The third kappa shape index (κ3) is 10.6. The molecule has 2 aliphatic rings. The lowest BCUT2D eigenvalue weighted by atomic mass is 9.94. The zero-order valence-electron chi connectivity index (χ0n) is 20.8. The lowest BCUT2D eigenvalue weighted by Crippen LogP contribution is -2.48. The van der Waals surface area contributed by atoms with Crippen LogP contribution in [0.4, 0.5) is 0 Å². The summed E-state index contributed by atoms with van der Waals surface area (Å²) in [7, 11) is 0. The van der Waals surface area contributed by atoms with Crippen molar-refractivity contribution in [1.29, 1.82) is 0 Å². The topological polar surface area (TPSA) is 134 Å². The van der Waals surface area contributed by atoms with Gasteiger partial charge in [-0.25, -0.2) is 0 Å². The third-order valence-electron chi connectivity index (χ3n) is 5.87. The predicted octanol–water partition coefficient (Wildman–Crippen LogP) is 4.27. The molecule has 32 heavy (non-hydrogen) atoms. The van der Waals surface area contributed by atoms with Crippen molar-refractivity contribution in [2.75, 3.05) is 13.2 Å². The summed E-state index contributed by atoms with van der Waals surface area (Å²) in [5.41, 5.74) is 3.01. The summed E-state index contributed by atoms with van der Waals surface area (Å²) in [6.07, 6.45) is 11.3.